The lowest BCUT2D eigenvalue weighted by atomic mass is 10.0. The van der Waals surface area contributed by atoms with E-state index in [0.717, 1.165) is 18.7 Å². The molecule has 0 spiro atoms. The van der Waals surface area contributed by atoms with Gasteiger partial charge in [-0.25, -0.2) is 0 Å². The fourth-order valence-electron chi connectivity index (χ4n) is 2.07. The maximum Gasteiger partial charge on any atom is 0.122 e. The zero-order valence-electron chi connectivity index (χ0n) is 12.0. The van der Waals surface area contributed by atoms with E-state index < -0.39 is 0 Å². The van der Waals surface area contributed by atoms with Crippen molar-refractivity contribution in [2.24, 2.45) is 5.73 Å². The van der Waals surface area contributed by atoms with Gasteiger partial charge in [-0.3, -0.25) is 10.3 Å². The van der Waals surface area contributed by atoms with E-state index in [0.29, 0.717) is 6.04 Å². The number of rotatable bonds is 6. The first-order valence-electron chi connectivity index (χ1n) is 6.63. The molecule has 0 radical (unpaired) electrons. The normalized spacial score (nSPS) is 11.2. The second-order valence-corrected chi connectivity index (χ2v) is 5.12. The van der Waals surface area contributed by atoms with Crippen molar-refractivity contribution in [3.8, 4) is 0 Å². The lowest BCUT2D eigenvalue weighted by Gasteiger charge is -2.26. The van der Waals surface area contributed by atoms with E-state index in [9.17, 15) is 0 Å². The molecule has 0 atom stereocenters. The number of nitrogens with one attached hydrogen (secondary N) is 1. The highest BCUT2D eigenvalue weighted by Gasteiger charge is 2.11. The van der Waals surface area contributed by atoms with Gasteiger partial charge in [0.2, 0.25) is 0 Å². The Kier molecular flexibility index (Phi) is 5.35. The topological polar surface area (TPSA) is 53.1 Å². The van der Waals surface area contributed by atoms with Gasteiger partial charge in [-0.1, -0.05) is 19.1 Å². The Hall–Kier alpha value is -1.35. The highest BCUT2D eigenvalue weighted by molar-refractivity contribution is 5.95. The predicted molar refractivity (Wildman–Crippen MR) is 78.0 cm³/mol. The summed E-state index contributed by atoms with van der Waals surface area (Å²) in [6.07, 6.45) is 1.17. The van der Waals surface area contributed by atoms with Crippen LogP contribution in [-0.2, 0) is 6.54 Å². The van der Waals surface area contributed by atoms with Crippen molar-refractivity contribution in [1.29, 1.82) is 5.41 Å². The van der Waals surface area contributed by atoms with E-state index in [1.165, 1.54) is 17.5 Å². The predicted octanol–water partition coefficient (Wildman–Crippen LogP) is 2.90. The first-order valence-corrected chi connectivity index (χ1v) is 6.63. The lowest BCUT2D eigenvalue weighted by Crippen LogP contribution is -2.31. The van der Waals surface area contributed by atoms with Gasteiger partial charge in [0.15, 0.2) is 0 Å². The molecular weight excluding hydrogens is 222 g/mol. The summed E-state index contributed by atoms with van der Waals surface area (Å²) in [4.78, 5) is 2.47. The molecule has 0 aliphatic carbocycles. The quantitative estimate of drug-likeness (QED) is 0.600. The zero-order valence-corrected chi connectivity index (χ0v) is 12.0. The molecule has 1 aromatic rings. The second-order valence-electron chi connectivity index (χ2n) is 5.12. The third-order valence-corrected chi connectivity index (χ3v) is 3.27. The molecule has 0 amide bonds. The maximum atomic E-state index is 7.45. The van der Waals surface area contributed by atoms with Crippen LogP contribution in [0.3, 0.4) is 0 Å². The van der Waals surface area contributed by atoms with Crippen molar-refractivity contribution in [1.82, 2.24) is 4.90 Å². The Morgan fingerprint density at radius 2 is 2.06 bits per heavy atom. The summed E-state index contributed by atoms with van der Waals surface area (Å²) in [5.41, 5.74) is 8.84. The highest BCUT2D eigenvalue weighted by atomic mass is 15.1. The molecule has 0 saturated heterocycles. The van der Waals surface area contributed by atoms with E-state index in [1.807, 2.05) is 12.1 Å². The third kappa shape index (κ3) is 3.84. The molecule has 3 N–H and O–H groups in total. The van der Waals surface area contributed by atoms with Gasteiger partial charge < -0.3 is 5.73 Å². The standard InChI is InChI=1S/C15H25N3/c1-5-8-18(11(2)3)10-14-7-6-13(15(16)17)9-12(14)4/h6-7,9,11H,5,8,10H2,1-4H3,(H3,16,17). The first-order chi connectivity index (χ1) is 8.45. The molecule has 3 heteroatoms. The monoisotopic (exact) mass is 247 g/mol. The number of hydrogen-bond donors (Lipinski definition) is 2. The van der Waals surface area contributed by atoms with E-state index in [-0.39, 0.29) is 5.84 Å². The number of nitrogens with two attached hydrogens (primary N) is 1. The zero-order chi connectivity index (χ0) is 13.7. The van der Waals surface area contributed by atoms with Crippen molar-refractivity contribution < 1.29 is 0 Å². The molecule has 0 aliphatic heterocycles. The second kappa shape index (κ2) is 6.55. The number of nitrogens with zero attached hydrogens (tertiary/aromatic N) is 1. The van der Waals surface area contributed by atoms with Gasteiger partial charge >= 0.3 is 0 Å². The molecule has 0 fully saturated rings. The van der Waals surface area contributed by atoms with Gasteiger partial charge in [0.1, 0.15) is 5.84 Å². The third-order valence-electron chi connectivity index (χ3n) is 3.27. The first kappa shape index (κ1) is 14.7. The molecular formula is C15H25N3. The van der Waals surface area contributed by atoms with Crippen LogP contribution in [0.5, 0.6) is 0 Å². The van der Waals surface area contributed by atoms with Crippen LogP contribution in [0.1, 0.15) is 43.9 Å². The summed E-state index contributed by atoms with van der Waals surface area (Å²) in [7, 11) is 0. The van der Waals surface area contributed by atoms with Crippen molar-refractivity contribution in [3.63, 3.8) is 0 Å². The SMILES string of the molecule is CCCN(Cc1ccc(C(=N)N)cc1C)C(C)C. The van der Waals surface area contributed by atoms with Gasteiger partial charge in [-0.2, -0.15) is 0 Å². The van der Waals surface area contributed by atoms with Gasteiger partial charge in [-0.05, 0) is 50.9 Å². The number of hydrogen-bond acceptors (Lipinski definition) is 2. The molecule has 18 heavy (non-hydrogen) atoms. The van der Waals surface area contributed by atoms with E-state index >= 15 is 0 Å². The highest BCUT2D eigenvalue weighted by Crippen LogP contribution is 2.15. The molecule has 100 valence electrons. The summed E-state index contributed by atoms with van der Waals surface area (Å²) >= 11 is 0. The van der Waals surface area contributed by atoms with Crippen molar-refractivity contribution in [2.75, 3.05) is 6.54 Å². The molecule has 0 unspecified atom stereocenters. The Morgan fingerprint density at radius 1 is 1.39 bits per heavy atom. The minimum Gasteiger partial charge on any atom is -0.384 e. The smallest absolute Gasteiger partial charge is 0.122 e. The average molecular weight is 247 g/mol. The van der Waals surface area contributed by atoms with Crippen LogP contribution in [0.25, 0.3) is 0 Å². The maximum absolute atomic E-state index is 7.45. The van der Waals surface area contributed by atoms with Crippen LogP contribution in [0.4, 0.5) is 0 Å². The molecule has 0 saturated carbocycles. The Labute approximate surface area is 111 Å². The van der Waals surface area contributed by atoms with E-state index in [4.69, 9.17) is 11.1 Å². The Balaban J connectivity index is 2.86. The Morgan fingerprint density at radius 3 is 2.50 bits per heavy atom. The van der Waals surface area contributed by atoms with Gasteiger partial charge in [0, 0.05) is 18.2 Å². The lowest BCUT2D eigenvalue weighted by molar-refractivity contribution is 0.213. The summed E-state index contributed by atoms with van der Waals surface area (Å²) in [6, 6.07) is 6.59. The molecule has 0 heterocycles. The summed E-state index contributed by atoms with van der Waals surface area (Å²) in [5.74, 6) is 0.138. The van der Waals surface area contributed by atoms with Crippen molar-refractivity contribution in [3.05, 3.63) is 34.9 Å². The molecule has 1 aromatic carbocycles. The van der Waals surface area contributed by atoms with Crippen LogP contribution in [0.2, 0.25) is 0 Å². The van der Waals surface area contributed by atoms with Crippen LogP contribution in [0.15, 0.2) is 18.2 Å². The fraction of sp³-hybridized carbons (Fsp3) is 0.533. The van der Waals surface area contributed by atoms with Gasteiger partial charge in [-0.15, -0.1) is 0 Å². The van der Waals surface area contributed by atoms with Crippen molar-refractivity contribution >= 4 is 5.84 Å². The van der Waals surface area contributed by atoms with Crippen molar-refractivity contribution in [2.45, 2.75) is 46.7 Å². The fourth-order valence-corrected chi connectivity index (χ4v) is 2.07. The summed E-state index contributed by atoms with van der Waals surface area (Å²) < 4.78 is 0. The number of amidine groups is 1. The molecule has 1 rings (SSSR count). The largest absolute Gasteiger partial charge is 0.384 e. The van der Waals surface area contributed by atoms with Crippen LogP contribution >= 0.6 is 0 Å². The van der Waals surface area contributed by atoms with E-state index in [1.54, 1.807) is 0 Å². The number of benzene rings is 1. The molecule has 0 bridgehead atoms. The average Bonchev–Trinajstić information content (AvgIpc) is 2.30. The van der Waals surface area contributed by atoms with Gasteiger partial charge in [0.25, 0.3) is 0 Å². The number of aryl methyl sites for hydroxylation is 1. The van der Waals surface area contributed by atoms with Crippen LogP contribution in [0, 0.1) is 12.3 Å². The molecule has 3 nitrogen and oxygen atoms in total. The van der Waals surface area contributed by atoms with Crippen LogP contribution in [-0.4, -0.2) is 23.3 Å². The summed E-state index contributed by atoms with van der Waals surface area (Å²) in [6.45, 7) is 10.8. The minimum atomic E-state index is 0.138. The molecule has 0 aromatic heterocycles. The minimum absolute atomic E-state index is 0.138. The molecule has 0 aliphatic rings. The Bertz CT molecular complexity index is 410. The van der Waals surface area contributed by atoms with E-state index in [2.05, 4.69) is 38.7 Å². The number of nitrogen functional groups attached to an aromatic ring is 1. The summed E-state index contributed by atoms with van der Waals surface area (Å²) in [5, 5.41) is 7.45. The van der Waals surface area contributed by atoms with Crippen LogP contribution < -0.4 is 5.73 Å². The van der Waals surface area contributed by atoms with Gasteiger partial charge in [0.05, 0.1) is 0 Å².